The van der Waals surface area contributed by atoms with E-state index in [9.17, 15) is 24.2 Å². The van der Waals surface area contributed by atoms with Crippen molar-refractivity contribution in [3.05, 3.63) is 47.3 Å². The Morgan fingerprint density at radius 3 is 2.70 bits per heavy atom. The summed E-state index contributed by atoms with van der Waals surface area (Å²) in [6, 6.07) is 5.96. The Balaban J connectivity index is 2.28. The number of aromatic hydroxyl groups is 2. The summed E-state index contributed by atoms with van der Waals surface area (Å²) in [5.74, 6) is -3.74. The van der Waals surface area contributed by atoms with Crippen molar-refractivity contribution in [3.63, 3.8) is 0 Å². The van der Waals surface area contributed by atoms with Crippen molar-refractivity contribution < 1.29 is 38.4 Å². The molecule has 142 valence electrons. The highest BCUT2D eigenvalue weighted by Crippen LogP contribution is 2.48. The molecule has 0 aliphatic carbocycles. The summed E-state index contributed by atoms with van der Waals surface area (Å²) in [6.45, 7) is 1.55. The number of hydrogen-bond acceptors (Lipinski definition) is 7. The van der Waals surface area contributed by atoms with E-state index >= 15 is 0 Å². The minimum absolute atomic E-state index is 0.0176. The lowest BCUT2D eigenvalue weighted by Crippen LogP contribution is -2.51. The van der Waals surface area contributed by atoms with Crippen LogP contribution in [0.3, 0.4) is 0 Å². The first kappa shape index (κ1) is 18.5. The first-order valence-electron chi connectivity index (χ1n) is 8.12. The molecule has 1 heterocycles. The monoisotopic (exact) mass is 376 g/mol. The molecule has 0 saturated carbocycles. The fourth-order valence-corrected chi connectivity index (χ4v) is 3.16. The fourth-order valence-electron chi connectivity index (χ4n) is 3.16. The highest BCUT2D eigenvalue weighted by atomic mass is 19.1. The summed E-state index contributed by atoms with van der Waals surface area (Å²) in [7, 11) is 1.21. The molecular weight excluding hydrogens is 359 g/mol. The predicted octanol–water partition coefficient (Wildman–Crippen LogP) is 2.21. The van der Waals surface area contributed by atoms with E-state index in [2.05, 4.69) is 0 Å². The Morgan fingerprint density at radius 1 is 1.30 bits per heavy atom. The third-order valence-electron chi connectivity index (χ3n) is 4.43. The number of ether oxygens (including phenoxy) is 3. The highest BCUT2D eigenvalue weighted by molar-refractivity contribution is 6.09. The van der Waals surface area contributed by atoms with Gasteiger partial charge in [0.05, 0.1) is 13.7 Å². The summed E-state index contributed by atoms with van der Waals surface area (Å²) in [4.78, 5) is 25.8. The molecular formula is C19H17FO7. The summed E-state index contributed by atoms with van der Waals surface area (Å²) in [6.07, 6.45) is -0.266. The van der Waals surface area contributed by atoms with Gasteiger partial charge < -0.3 is 24.4 Å². The predicted molar refractivity (Wildman–Crippen MR) is 90.4 cm³/mol. The van der Waals surface area contributed by atoms with Crippen LogP contribution in [0.1, 0.15) is 18.1 Å². The van der Waals surface area contributed by atoms with E-state index in [1.165, 1.54) is 19.2 Å². The molecule has 2 N–H and O–H groups in total. The van der Waals surface area contributed by atoms with Gasteiger partial charge in [-0.15, -0.1) is 0 Å². The summed E-state index contributed by atoms with van der Waals surface area (Å²) in [5.41, 5.74) is -1.82. The largest absolute Gasteiger partial charge is 0.504 e. The Labute approximate surface area is 153 Å². The number of esters is 2. The van der Waals surface area contributed by atoms with Crippen molar-refractivity contribution in [1.29, 1.82) is 0 Å². The second-order valence-electron chi connectivity index (χ2n) is 5.96. The molecule has 0 fully saturated rings. The lowest BCUT2D eigenvalue weighted by atomic mass is 9.73. The van der Waals surface area contributed by atoms with Gasteiger partial charge in [0.2, 0.25) is 5.75 Å². The van der Waals surface area contributed by atoms with Gasteiger partial charge in [0, 0.05) is 12.0 Å². The number of methoxy groups -OCH3 is 1. The normalized spacial score (nSPS) is 18.4. The number of halogens is 1. The first-order valence-corrected chi connectivity index (χ1v) is 8.12. The van der Waals surface area contributed by atoms with Crippen LogP contribution in [0.2, 0.25) is 0 Å². The maximum atomic E-state index is 13.7. The van der Waals surface area contributed by atoms with Crippen molar-refractivity contribution >= 4 is 11.9 Å². The standard InChI is InChI=1S/C19H17FO7/c1-3-26-17(23)19(12-5-6-13(21)15(22)16(12)25-2)9-10-8-11(20)4-7-14(10)27-18(19)24/h4-8,21-22H,3,9H2,1-2H3. The summed E-state index contributed by atoms with van der Waals surface area (Å²) < 4.78 is 29.2. The molecule has 0 saturated heterocycles. The smallest absolute Gasteiger partial charge is 0.333 e. The van der Waals surface area contributed by atoms with Crippen LogP contribution in [0.25, 0.3) is 0 Å². The maximum absolute atomic E-state index is 13.7. The number of carbonyl (C=O) groups is 2. The molecule has 0 amide bonds. The van der Waals surface area contributed by atoms with Crippen LogP contribution in [0.5, 0.6) is 23.0 Å². The lowest BCUT2D eigenvalue weighted by molar-refractivity contribution is -0.161. The van der Waals surface area contributed by atoms with E-state index in [0.29, 0.717) is 0 Å². The van der Waals surface area contributed by atoms with Gasteiger partial charge in [-0.1, -0.05) is 0 Å². The molecule has 2 aromatic carbocycles. The second kappa shape index (κ2) is 6.79. The zero-order valence-corrected chi connectivity index (χ0v) is 14.6. The molecule has 3 rings (SSSR count). The van der Waals surface area contributed by atoms with Gasteiger partial charge in [-0.2, -0.15) is 0 Å². The molecule has 0 radical (unpaired) electrons. The minimum Gasteiger partial charge on any atom is -0.504 e. The van der Waals surface area contributed by atoms with Crippen LogP contribution in [0.4, 0.5) is 4.39 Å². The van der Waals surface area contributed by atoms with Gasteiger partial charge in [-0.3, -0.25) is 9.59 Å². The zero-order chi connectivity index (χ0) is 19.8. The second-order valence-corrected chi connectivity index (χ2v) is 5.96. The molecule has 0 bridgehead atoms. The van der Waals surface area contributed by atoms with E-state index in [1.54, 1.807) is 6.92 Å². The molecule has 2 aromatic rings. The highest BCUT2D eigenvalue weighted by Gasteiger charge is 2.55. The van der Waals surface area contributed by atoms with E-state index in [0.717, 1.165) is 18.2 Å². The molecule has 1 aliphatic rings. The number of phenolic OH excluding ortho intramolecular Hbond substituents is 2. The number of phenols is 2. The molecule has 1 aliphatic heterocycles. The van der Waals surface area contributed by atoms with Crippen molar-refractivity contribution in [1.82, 2.24) is 0 Å². The van der Waals surface area contributed by atoms with E-state index in [1.807, 2.05) is 0 Å². The van der Waals surface area contributed by atoms with Crippen molar-refractivity contribution in [2.75, 3.05) is 13.7 Å². The van der Waals surface area contributed by atoms with E-state index in [4.69, 9.17) is 14.2 Å². The SMILES string of the molecule is CCOC(=O)C1(c2ccc(O)c(O)c2OC)Cc2cc(F)ccc2OC1=O. The molecule has 8 heteroatoms. The van der Waals surface area contributed by atoms with Crippen LogP contribution < -0.4 is 9.47 Å². The third kappa shape index (κ3) is 2.83. The summed E-state index contributed by atoms with van der Waals surface area (Å²) >= 11 is 0. The number of fused-ring (bicyclic) bond motifs is 1. The molecule has 0 spiro atoms. The number of carbonyl (C=O) groups excluding carboxylic acids is 2. The maximum Gasteiger partial charge on any atom is 0.333 e. The third-order valence-corrected chi connectivity index (χ3v) is 4.43. The Morgan fingerprint density at radius 2 is 2.04 bits per heavy atom. The molecule has 1 unspecified atom stereocenters. The van der Waals surface area contributed by atoms with Gasteiger partial charge in [0.25, 0.3) is 0 Å². The topological polar surface area (TPSA) is 102 Å². The number of benzene rings is 2. The van der Waals surface area contributed by atoms with Gasteiger partial charge >= 0.3 is 11.9 Å². The van der Waals surface area contributed by atoms with Crippen molar-refractivity contribution in [2.24, 2.45) is 0 Å². The van der Waals surface area contributed by atoms with Crippen molar-refractivity contribution in [3.8, 4) is 23.0 Å². The minimum atomic E-state index is -2.03. The molecule has 7 nitrogen and oxygen atoms in total. The zero-order valence-electron chi connectivity index (χ0n) is 14.6. The quantitative estimate of drug-likeness (QED) is 0.365. The Kier molecular flexibility index (Phi) is 4.65. The van der Waals surface area contributed by atoms with Gasteiger partial charge in [-0.05, 0) is 42.8 Å². The van der Waals surface area contributed by atoms with Crippen LogP contribution in [-0.2, 0) is 26.2 Å². The average Bonchev–Trinajstić information content (AvgIpc) is 2.64. The molecule has 27 heavy (non-hydrogen) atoms. The summed E-state index contributed by atoms with van der Waals surface area (Å²) in [5, 5.41) is 19.8. The van der Waals surface area contributed by atoms with Crippen molar-refractivity contribution in [2.45, 2.75) is 18.8 Å². The number of rotatable bonds is 4. The first-order chi connectivity index (χ1) is 12.8. The van der Waals surface area contributed by atoms with E-state index < -0.39 is 34.7 Å². The number of hydrogen-bond donors (Lipinski definition) is 2. The molecule has 0 aromatic heterocycles. The average molecular weight is 376 g/mol. The van der Waals surface area contributed by atoms with E-state index in [-0.39, 0.29) is 35.7 Å². The van der Waals surface area contributed by atoms with Crippen LogP contribution >= 0.6 is 0 Å². The van der Waals surface area contributed by atoms with Gasteiger partial charge in [-0.25, -0.2) is 4.39 Å². The molecule has 1 atom stereocenters. The van der Waals surface area contributed by atoms with Gasteiger partial charge in [0.1, 0.15) is 11.6 Å². The lowest BCUT2D eigenvalue weighted by Gasteiger charge is -2.34. The van der Waals surface area contributed by atoms with Crippen LogP contribution in [-0.4, -0.2) is 35.9 Å². The Hall–Kier alpha value is -3.29. The fraction of sp³-hybridized carbons (Fsp3) is 0.263. The van der Waals surface area contributed by atoms with Crippen LogP contribution in [0.15, 0.2) is 30.3 Å². The van der Waals surface area contributed by atoms with Crippen LogP contribution in [0, 0.1) is 5.82 Å². The Bertz CT molecular complexity index is 925. The van der Waals surface area contributed by atoms with Gasteiger partial charge in [0.15, 0.2) is 16.9 Å².